The summed E-state index contributed by atoms with van der Waals surface area (Å²) in [7, 11) is 0. The molecule has 12 rings (SSSR count). The SMILES string of the molecule is [2H]c1c([2H])c([2H])c2c(c1[2H])-c1c([2H])c([2H])c(N(c3ccc4c(c3)C3(c5ccccc5-4)C4CC5CC(C4)CC3C5)c3c([2H])c([2H])c([2H])c4c3C(C)(C)CCC4(C)C)c([2H])c1C2(C)C. The van der Waals surface area contributed by atoms with Crippen LogP contribution in [0.1, 0.15) is 134 Å². The number of rotatable bonds is 3. The Labute approximate surface area is 325 Å². The van der Waals surface area contributed by atoms with Crippen LogP contribution >= 0.6 is 0 Å². The fourth-order valence-corrected chi connectivity index (χ4v) is 12.5. The molecule has 0 unspecified atom stereocenters. The molecule has 4 bridgehead atoms. The van der Waals surface area contributed by atoms with Gasteiger partial charge in [0.15, 0.2) is 0 Å². The highest BCUT2D eigenvalue weighted by atomic mass is 15.1. The van der Waals surface area contributed by atoms with Crippen LogP contribution in [-0.2, 0) is 21.7 Å². The maximum atomic E-state index is 10.3. The Bertz CT molecular complexity index is 2840. The maximum Gasteiger partial charge on any atom is 0.0648 e. The number of hydrogen-bond donors (Lipinski definition) is 0. The third-order valence-electron chi connectivity index (χ3n) is 14.8. The number of anilines is 3. The summed E-state index contributed by atoms with van der Waals surface area (Å²) in [6, 6.07) is 13.0. The van der Waals surface area contributed by atoms with Crippen molar-refractivity contribution < 1.29 is 13.7 Å². The molecule has 0 radical (unpaired) electrons. The van der Waals surface area contributed by atoms with E-state index >= 15 is 0 Å². The average Bonchev–Trinajstić information content (AvgIpc) is 3.65. The summed E-state index contributed by atoms with van der Waals surface area (Å²) in [5.74, 6) is 2.40. The summed E-state index contributed by atoms with van der Waals surface area (Å²) >= 11 is 0. The van der Waals surface area contributed by atoms with Crippen LogP contribution in [-0.4, -0.2) is 0 Å². The summed E-state index contributed by atoms with van der Waals surface area (Å²) in [5, 5.41) is 0. The highest BCUT2D eigenvalue weighted by Gasteiger charge is 2.61. The van der Waals surface area contributed by atoms with E-state index in [-0.39, 0.29) is 76.6 Å². The molecule has 4 fully saturated rings. The molecule has 0 amide bonds. The van der Waals surface area contributed by atoms with Gasteiger partial charge in [-0.25, -0.2) is 0 Å². The van der Waals surface area contributed by atoms with E-state index in [9.17, 15) is 8.22 Å². The van der Waals surface area contributed by atoms with Gasteiger partial charge in [-0.05, 0) is 165 Å². The molecular formula is C51H53N. The minimum atomic E-state index is -1.15. The summed E-state index contributed by atoms with van der Waals surface area (Å²) < 4.78 is 94.2. The molecule has 0 aliphatic heterocycles. The minimum Gasteiger partial charge on any atom is -0.310 e. The lowest BCUT2D eigenvalue weighted by molar-refractivity contribution is -0.0399. The second-order valence-corrected chi connectivity index (χ2v) is 18.9. The summed E-state index contributed by atoms with van der Waals surface area (Å²) in [4.78, 5) is 1.83. The molecule has 0 N–H and O–H groups in total. The van der Waals surface area contributed by atoms with Crippen molar-refractivity contribution in [3.63, 3.8) is 0 Å². The summed E-state index contributed by atoms with van der Waals surface area (Å²) in [6.07, 6.45) is 7.57. The molecule has 7 aliphatic rings. The normalized spacial score (nSPS) is 31.3. The molecule has 0 aromatic heterocycles. The Morgan fingerprint density at radius 3 is 2.02 bits per heavy atom. The van der Waals surface area contributed by atoms with Crippen molar-refractivity contribution in [3.8, 4) is 22.3 Å². The van der Waals surface area contributed by atoms with Crippen LogP contribution in [0.3, 0.4) is 0 Å². The molecule has 1 nitrogen and oxygen atoms in total. The monoisotopic (exact) mass is 689 g/mol. The van der Waals surface area contributed by atoms with Crippen molar-refractivity contribution >= 4 is 17.1 Å². The van der Waals surface area contributed by atoms with Gasteiger partial charge in [0, 0.05) is 22.2 Å². The fourth-order valence-electron chi connectivity index (χ4n) is 12.5. The second-order valence-electron chi connectivity index (χ2n) is 18.9. The zero-order valence-electron chi connectivity index (χ0n) is 41.2. The molecule has 5 aromatic carbocycles. The van der Waals surface area contributed by atoms with Gasteiger partial charge in [-0.2, -0.15) is 0 Å². The molecule has 4 saturated carbocycles. The zero-order chi connectivity index (χ0) is 44.1. The standard InChI is InChI=1S/C51H53N/c1-48(2)22-23-49(3,4)47-43(48)16-11-17-46(47)52(35-18-20-39-37-12-7-9-14-41(37)50(5,6)44(39)29-35)36-19-21-40-38-13-8-10-15-42(38)51(45(40)30-36)33-25-31-24-32(27-33)28-34(51)26-31/h7-21,29-34H,22-28H2,1-6H3/i7D,9D,11D,12D,14D,16D,17D,18D,20D,29D. The molecule has 0 saturated heterocycles. The first-order valence-electron chi connectivity index (χ1n) is 24.6. The molecule has 7 aliphatic carbocycles. The quantitative estimate of drug-likeness (QED) is 0.182. The minimum absolute atomic E-state index is 0.0238. The van der Waals surface area contributed by atoms with Gasteiger partial charge in [0.05, 0.1) is 19.4 Å². The van der Waals surface area contributed by atoms with Crippen LogP contribution in [0.4, 0.5) is 17.1 Å². The molecule has 5 aromatic rings. The largest absolute Gasteiger partial charge is 0.310 e. The first kappa shape index (κ1) is 22.9. The van der Waals surface area contributed by atoms with Gasteiger partial charge in [-0.3, -0.25) is 0 Å². The van der Waals surface area contributed by atoms with E-state index in [1.165, 1.54) is 54.4 Å². The highest BCUT2D eigenvalue weighted by Crippen LogP contribution is 2.70. The van der Waals surface area contributed by atoms with Gasteiger partial charge in [0.1, 0.15) is 0 Å². The van der Waals surface area contributed by atoms with Gasteiger partial charge in [0.25, 0.3) is 0 Å². The third-order valence-corrected chi connectivity index (χ3v) is 14.8. The van der Waals surface area contributed by atoms with Crippen LogP contribution in [0, 0.1) is 23.7 Å². The van der Waals surface area contributed by atoms with Gasteiger partial charge < -0.3 is 4.90 Å². The molecule has 52 heavy (non-hydrogen) atoms. The van der Waals surface area contributed by atoms with E-state index < -0.39 is 22.3 Å². The van der Waals surface area contributed by atoms with Crippen molar-refractivity contribution in [2.75, 3.05) is 4.90 Å². The second kappa shape index (κ2) is 10.3. The first-order chi connectivity index (χ1) is 29.2. The number of nitrogens with zero attached hydrogens (tertiary/aromatic N) is 1. The van der Waals surface area contributed by atoms with E-state index in [4.69, 9.17) is 5.48 Å². The molecule has 0 heterocycles. The predicted molar refractivity (Wildman–Crippen MR) is 217 cm³/mol. The van der Waals surface area contributed by atoms with Crippen LogP contribution in [0.25, 0.3) is 22.3 Å². The van der Waals surface area contributed by atoms with Crippen LogP contribution in [0.15, 0.2) is 103 Å². The van der Waals surface area contributed by atoms with Gasteiger partial charge in [0.2, 0.25) is 0 Å². The Balaban J connectivity index is 1.26. The van der Waals surface area contributed by atoms with Gasteiger partial charge in [-0.1, -0.05) is 114 Å². The smallest absolute Gasteiger partial charge is 0.0648 e. The maximum absolute atomic E-state index is 10.3. The fraction of sp³-hybridized carbons (Fsp3) is 0.412. The topological polar surface area (TPSA) is 3.24 Å². The number of fused-ring (bicyclic) bond motifs is 7. The number of hydrogen-bond acceptors (Lipinski definition) is 1. The van der Waals surface area contributed by atoms with Crippen molar-refractivity contribution in [3.05, 3.63) is 136 Å². The molecule has 262 valence electrons. The van der Waals surface area contributed by atoms with Crippen LogP contribution in [0.2, 0.25) is 0 Å². The Kier molecular flexibility index (Phi) is 4.53. The van der Waals surface area contributed by atoms with Crippen LogP contribution < -0.4 is 4.90 Å². The lowest BCUT2D eigenvalue weighted by Crippen LogP contribution is -2.55. The van der Waals surface area contributed by atoms with E-state index in [1.54, 1.807) is 0 Å². The van der Waals surface area contributed by atoms with Crippen molar-refractivity contribution in [1.29, 1.82) is 0 Å². The van der Waals surface area contributed by atoms with E-state index in [0.717, 1.165) is 30.2 Å². The lowest BCUT2D eigenvalue weighted by atomic mass is 9.43. The molecule has 1 spiro atoms. The summed E-state index contributed by atoms with van der Waals surface area (Å²) in [6.45, 7) is 12.1. The van der Waals surface area contributed by atoms with Crippen molar-refractivity contribution in [1.82, 2.24) is 0 Å². The van der Waals surface area contributed by atoms with E-state index in [0.29, 0.717) is 39.9 Å². The van der Waals surface area contributed by atoms with Crippen molar-refractivity contribution in [2.24, 2.45) is 23.7 Å². The molecular weight excluding hydrogens is 627 g/mol. The Morgan fingerprint density at radius 2 is 1.23 bits per heavy atom. The zero-order valence-corrected chi connectivity index (χ0v) is 31.2. The van der Waals surface area contributed by atoms with Crippen LogP contribution in [0.5, 0.6) is 0 Å². The van der Waals surface area contributed by atoms with E-state index in [1.807, 2.05) is 24.8 Å². The molecule has 1 heteroatoms. The van der Waals surface area contributed by atoms with Crippen molar-refractivity contribution in [2.45, 2.75) is 108 Å². The predicted octanol–water partition coefficient (Wildman–Crippen LogP) is 13.5. The summed E-state index contributed by atoms with van der Waals surface area (Å²) in [5.41, 5.74) is 6.09. The first-order valence-corrected chi connectivity index (χ1v) is 19.6. The Morgan fingerprint density at radius 1 is 0.558 bits per heavy atom. The Hall–Kier alpha value is -4.10. The molecule has 0 atom stereocenters. The van der Waals surface area contributed by atoms with Gasteiger partial charge >= 0.3 is 0 Å². The lowest BCUT2D eigenvalue weighted by Gasteiger charge is -2.61. The number of benzene rings is 5. The third kappa shape index (κ3) is 3.96. The highest BCUT2D eigenvalue weighted by molar-refractivity contribution is 5.89. The van der Waals surface area contributed by atoms with E-state index in [2.05, 4.69) is 64.1 Å². The van der Waals surface area contributed by atoms with Gasteiger partial charge in [-0.15, -0.1) is 0 Å². The average molecular weight is 690 g/mol.